The van der Waals surface area contributed by atoms with E-state index in [0.29, 0.717) is 50.1 Å². The van der Waals surface area contributed by atoms with Crippen LogP contribution in [0.25, 0.3) is 111 Å². The summed E-state index contributed by atoms with van der Waals surface area (Å²) in [5.74, 6) is 0. The van der Waals surface area contributed by atoms with Crippen LogP contribution in [0.3, 0.4) is 0 Å². The van der Waals surface area contributed by atoms with Gasteiger partial charge in [-0.1, -0.05) is 176 Å². The number of pyridine rings is 5. The van der Waals surface area contributed by atoms with Gasteiger partial charge in [0.05, 0.1) is 27.8 Å². The van der Waals surface area contributed by atoms with Crippen molar-refractivity contribution >= 4 is 54.9 Å². The Balaban J connectivity index is 0.959. The highest BCUT2D eigenvalue weighted by Gasteiger charge is 2.18. The van der Waals surface area contributed by atoms with Gasteiger partial charge in [0.25, 0.3) is 0 Å². The maximum Gasteiger partial charge on any atom is 0.145 e. The molecule has 7 aromatic heterocycles. The lowest BCUT2D eigenvalue weighted by Crippen LogP contribution is -2.00. The van der Waals surface area contributed by atoms with E-state index in [1.807, 2.05) is 136 Å². The quantitative estimate of drug-likeness (QED) is 0.121. The monoisotopic (exact) mass is 957 g/mol. The summed E-state index contributed by atoms with van der Waals surface area (Å²) in [7, 11) is 0. The van der Waals surface area contributed by atoms with Crippen molar-refractivity contribution in [2.24, 2.45) is 0 Å². The molecular formula is C67H47N7. The highest BCUT2D eigenvalue weighted by Crippen LogP contribution is 2.41. The van der Waals surface area contributed by atoms with Gasteiger partial charge in [-0.15, -0.1) is 0 Å². The maximum absolute atomic E-state index is 10.0. The van der Waals surface area contributed by atoms with Crippen LogP contribution in [0.15, 0.2) is 238 Å². The molecule has 14 aromatic rings. The molecule has 74 heavy (non-hydrogen) atoms. The molecule has 7 aromatic carbocycles. The normalized spacial score (nSPS) is 14.1. The highest BCUT2D eigenvalue weighted by molar-refractivity contribution is 6.11. The van der Waals surface area contributed by atoms with Crippen LogP contribution >= 0.6 is 0 Å². The first-order valence-corrected chi connectivity index (χ1v) is 24.4. The lowest BCUT2D eigenvalue weighted by atomic mass is 9.87. The van der Waals surface area contributed by atoms with Gasteiger partial charge in [-0.05, 0) is 105 Å². The van der Waals surface area contributed by atoms with Gasteiger partial charge < -0.3 is 0 Å². The molecular weight excluding hydrogens is 903 g/mol. The highest BCUT2D eigenvalue weighted by atomic mass is 15.0. The SMILES string of the molecule is [2H]C([2H])(c1cc(-c2ccccc2-c2cnc(-c3ccccc3)cc2-c2ccc(-c3ccccc3)cc2)cc(C([2H])([2H])C([2H])([2H])c2cnc3c4ccccc4c4nccn4c3c2)c1)C([2H])([2H])c1cnc2c3ccccc3c3nccn3c2c1. The Hall–Kier alpha value is -9.59. The van der Waals surface area contributed by atoms with Crippen molar-refractivity contribution in [1.29, 1.82) is 0 Å². The fourth-order valence-electron chi connectivity index (χ4n) is 10.3. The Morgan fingerprint density at radius 3 is 1.38 bits per heavy atom. The first kappa shape index (κ1) is 35.5. The van der Waals surface area contributed by atoms with E-state index < -0.39 is 25.5 Å². The number of hydrogen-bond donors (Lipinski definition) is 0. The van der Waals surface area contributed by atoms with Crippen LogP contribution in [-0.4, -0.2) is 33.7 Å². The fourth-order valence-corrected chi connectivity index (χ4v) is 10.3. The second-order valence-electron chi connectivity index (χ2n) is 18.3. The lowest BCUT2D eigenvalue weighted by Gasteiger charge is -2.18. The molecule has 0 saturated carbocycles. The van der Waals surface area contributed by atoms with E-state index in [1.54, 1.807) is 49.1 Å². The van der Waals surface area contributed by atoms with Crippen molar-refractivity contribution in [1.82, 2.24) is 33.7 Å². The molecule has 7 heteroatoms. The zero-order valence-electron chi connectivity index (χ0n) is 47.6. The van der Waals surface area contributed by atoms with E-state index >= 15 is 0 Å². The molecule has 0 fully saturated rings. The van der Waals surface area contributed by atoms with Gasteiger partial charge in [-0.2, -0.15) is 0 Å². The Bertz CT molecular complexity index is 4640. The first-order chi connectivity index (χ1) is 39.7. The molecule has 7 heterocycles. The van der Waals surface area contributed by atoms with Crippen LogP contribution in [-0.2, 0) is 25.5 Å². The summed E-state index contributed by atoms with van der Waals surface area (Å²) < 4.78 is 83.2. The molecule has 0 radical (unpaired) electrons. The molecule has 0 bridgehead atoms. The van der Waals surface area contributed by atoms with Crippen LogP contribution in [0, 0.1) is 0 Å². The summed E-state index contributed by atoms with van der Waals surface area (Å²) in [4.78, 5) is 23.8. The van der Waals surface area contributed by atoms with Crippen LogP contribution < -0.4 is 0 Å². The number of rotatable bonds is 11. The summed E-state index contributed by atoms with van der Waals surface area (Å²) in [6.07, 6.45) is -0.0377. The molecule has 0 unspecified atom stereocenters. The number of nitrogens with zero attached hydrogens (tertiary/aromatic N) is 7. The zero-order chi connectivity index (χ0) is 56.1. The van der Waals surface area contributed by atoms with Crippen LogP contribution in [0.4, 0.5) is 0 Å². The van der Waals surface area contributed by atoms with Gasteiger partial charge in [0.15, 0.2) is 0 Å². The molecule has 0 amide bonds. The van der Waals surface area contributed by atoms with Gasteiger partial charge in [-0.25, -0.2) is 9.97 Å². The average Bonchev–Trinajstić information content (AvgIpc) is 3.82. The first-order valence-electron chi connectivity index (χ1n) is 28.4. The Morgan fingerprint density at radius 2 is 0.797 bits per heavy atom. The third-order valence-corrected chi connectivity index (χ3v) is 13.8. The standard InChI is InChI=1S/C67H47N7/c1-3-13-48(14-4-1)49-27-29-50(30-28-49)59-40-61(51-15-5-2-6-16-51)70-43-60(59)54-18-8-7-17-53(54)52-36-44(23-25-46-38-62-64(71-41-46)55-19-9-11-21-57(55)66-68-31-33-73(62)66)35-45(37-52)24-26-47-39-63-65(72-42-47)56-20-10-12-22-58(56)67-69-32-34-74(63)67/h1-22,27-43H,23-26H2/i23D2,24D2,25D2,26D2. The Kier molecular flexibility index (Phi) is 8.74. The zero-order valence-corrected chi connectivity index (χ0v) is 39.6. The topological polar surface area (TPSA) is 73.3 Å². The third kappa shape index (κ3) is 7.74. The van der Waals surface area contributed by atoms with Crippen LogP contribution in [0.5, 0.6) is 0 Å². The summed E-state index contributed by atoms with van der Waals surface area (Å²) in [5.41, 5.74) is 10.8. The predicted molar refractivity (Wildman–Crippen MR) is 302 cm³/mol. The lowest BCUT2D eigenvalue weighted by molar-refractivity contribution is 0.925. The van der Waals surface area contributed by atoms with Gasteiger partial charge in [0.2, 0.25) is 0 Å². The minimum absolute atomic E-state index is 0.0611. The second kappa shape index (κ2) is 18.2. The van der Waals surface area contributed by atoms with E-state index in [-0.39, 0.29) is 22.3 Å². The molecule has 0 spiro atoms. The summed E-state index contributed by atoms with van der Waals surface area (Å²) in [6.45, 7) is 0. The number of aryl methyl sites for hydroxylation is 4. The van der Waals surface area contributed by atoms with E-state index in [4.69, 9.17) is 15.0 Å². The van der Waals surface area contributed by atoms with E-state index in [1.165, 1.54) is 18.5 Å². The second-order valence-corrected chi connectivity index (χ2v) is 18.3. The Labute approximate surface area is 439 Å². The van der Waals surface area contributed by atoms with Crippen molar-refractivity contribution in [2.45, 2.75) is 25.5 Å². The number of hydrogen-bond acceptors (Lipinski definition) is 5. The molecule has 14 rings (SSSR count). The molecule has 0 atom stereocenters. The molecule has 0 N–H and O–H groups in total. The van der Waals surface area contributed by atoms with Gasteiger partial charge in [0, 0.05) is 87.0 Å². The van der Waals surface area contributed by atoms with Crippen molar-refractivity contribution in [2.75, 3.05) is 0 Å². The van der Waals surface area contributed by atoms with Crippen LogP contribution in [0.1, 0.15) is 33.2 Å². The molecule has 7 nitrogen and oxygen atoms in total. The maximum atomic E-state index is 10.0. The average molecular weight is 958 g/mol. The van der Waals surface area contributed by atoms with Crippen LogP contribution in [0.2, 0.25) is 0 Å². The molecule has 0 aliphatic heterocycles. The molecule has 0 saturated heterocycles. The van der Waals surface area contributed by atoms with Crippen molar-refractivity contribution in [3.8, 4) is 55.8 Å². The van der Waals surface area contributed by atoms with E-state index in [2.05, 4.69) is 52.4 Å². The Morgan fingerprint density at radius 1 is 0.324 bits per heavy atom. The van der Waals surface area contributed by atoms with E-state index in [9.17, 15) is 11.0 Å². The van der Waals surface area contributed by atoms with Gasteiger partial charge in [0.1, 0.15) is 11.3 Å². The number of fused-ring (bicyclic) bond motifs is 12. The number of imidazole rings is 2. The number of aromatic nitrogens is 7. The summed E-state index contributed by atoms with van der Waals surface area (Å²) in [6, 6.07) is 60.9. The largest absolute Gasteiger partial charge is 0.298 e. The van der Waals surface area contributed by atoms with Gasteiger partial charge >= 0.3 is 0 Å². The van der Waals surface area contributed by atoms with Crippen molar-refractivity contribution in [3.05, 3.63) is 260 Å². The molecule has 0 aliphatic rings. The summed E-state index contributed by atoms with van der Waals surface area (Å²) in [5, 5.41) is 3.33. The third-order valence-electron chi connectivity index (χ3n) is 13.8. The van der Waals surface area contributed by atoms with Gasteiger partial charge in [-0.3, -0.25) is 23.8 Å². The molecule has 350 valence electrons. The summed E-state index contributed by atoms with van der Waals surface area (Å²) >= 11 is 0. The molecule has 0 aliphatic carbocycles. The van der Waals surface area contributed by atoms with Crippen molar-refractivity contribution in [3.63, 3.8) is 0 Å². The minimum Gasteiger partial charge on any atom is -0.298 e. The van der Waals surface area contributed by atoms with E-state index in [0.717, 1.165) is 60.6 Å². The predicted octanol–water partition coefficient (Wildman–Crippen LogP) is 15.7. The number of benzene rings is 7. The smallest absolute Gasteiger partial charge is 0.145 e. The minimum atomic E-state index is -2.90. The van der Waals surface area contributed by atoms with Crippen molar-refractivity contribution < 1.29 is 11.0 Å². The fraction of sp³-hybridized carbons (Fsp3) is 0.0597.